The van der Waals surface area contributed by atoms with E-state index >= 15 is 0 Å². The zero-order valence-corrected chi connectivity index (χ0v) is 14.9. The summed E-state index contributed by atoms with van der Waals surface area (Å²) in [5, 5.41) is 0. The number of ether oxygens (including phenoxy) is 3. The van der Waals surface area contributed by atoms with Gasteiger partial charge in [0.05, 0.1) is 6.54 Å². The van der Waals surface area contributed by atoms with Crippen molar-refractivity contribution in [1.82, 2.24) is 9.44 Å². The van der Waals surface area contributed by atoms with Gasteiger partial charge in [0.1, 0.15) is 18.3 Å². The molecular formula is C15H22N2O6S. The number of nitrogens with one attached hydrogen (secondary N) is 2. The Hall–Kier alpha value is -2.00. The minimum atomic E-state index is -4.05. The molecule has 1 aliphatic rings. The fourth-order valence-corrected chi connectivity index (χ4v) is 2.71. The van der Waals surface area contributed by atoms with Gasteiger partial charge in [-0.1, -0.05) is 6.07 Å². The van der Waals surface area contributed by atoms with E-state index < -0.39 is 28.0 Å². The van der Waals surface area contributed by atoms with E-state index in [0.29, 0.717) is 11.5 Å². The Labute approximate surface area is 141 Å². The molecule has 1 atom stereocenters. The third-order valence-electron chi connectivity index (χ3n) is 2.94. The van der Waals surface area contributed by atoms with Crippen LogP contribution >= 0.6 is 0 Å². The molecule has 1 heterocycles. The van der Waals surface area contributed by atoms with E-state index in [2.05, 4.69) is 4.72 Å². The fourth-order valence-electron chi connectivity index (χ4n) is 1.97. The molecule has 0 saturated heterocycles. The van der Waals surface area contributed by atoms with Crippen molar-refractivity contribution in [2.24, 2.45) is 0 Å². The van der Waals surface area contributed by atoms with Gasteiger partial charge in [-0.3, -0.25) is 0 Å². The highest BCUT2D eigenvalue weighted by Gasteiger charge is 2.25. The molecule has 0 radical (unpaired) electrons. The SMILES string of the molecule is Cc1ccc2c(c1)OC[C@H](CNS(=O)(=O)NC(=O)OC(C)(C)C)O2. The Balaban J connectivity index is 1.87. The van der Waals surface area contributed by atoms with Crippen LogP contribution in [-0.2, 0) is 14.9 Å². The summed E-state index contributed by atoms with van der Waals surface area (Å²) < 4.78 is 43.8. The second-order valence-corrected chi connectivity index (χ2v) is 7.96. The molecule has 0 unspecified atom stereocenters. The Morgan fingerprint density at radius 3 is 2.71 bits per heavy atom. The molecule has 2 rings (SSSR count). The third-order valence-corrected chi connectivity index (χ3v) is 3.92. The van der Waals surface area contributed by atoms with Crippen LogP contribution in [0, 0.1) is 6.92 Å². The Bertz CT molecular complexity index is 711. The molecule has 8 nitrogen and oxygen atoms in total. The van der Waals surface area contributed by atoms with E-state index in [1.807, 2.05) is 19.1 Å². The summed E-state index contributed by atoms with van der Waals surface area (Å²) in [5.74, 6) is 1.18. The lowest BCUT2D eigenvalue weighted by Crippen LogP contribution is -2.47. The predicted molar refractivity (Wildman–Crippen MR) is 87.4 cm³/mol. The summed E-state index contributed by atoms with van der Waals surface area (Å²) in [6, 6.07) is 5.49. The molecule has 24 heavy (non-hydrogen) atoms. The number of amides is 1. The topological polar surface area (TPSA) is 103 Å². The number of hydrogen-bond acceptors (Lipinski definition) is 6. The number of carbonyl (C=O) groups excluding carboxylic acids is 1. The molecule has 0 saturated carbocycles. The van der Waals surface area contributed by atoms with Gasteiger partial charge in [0.25, 0.3) is 0 Å². The van der Waals surface area contributed by atoms with Gasteiger partial charge in [-0.2, -0.15) is 13.1 Å². The van der Waals surface area contributed by atoms with Gasteiger partial charge < -0.3 is 14.2 Å². The zero-order valence-electron chi connectivity index (χ0n) is 14.1. The van der Waals surface area contributed by atoms with E-state index in [9.17, 15) is 13.2 Å². The van der Waals surface area contributed by atoms with Crippen LogP contribution in [0.15, 0.2) is 18.2 Å². The van der Waals surface area contributed by atoms with E-state index in [-0.39, 0.29) is 13.2 Å². The third kappa shape index (κ3) is 5.57. The van der Waals surface area contributed by atoms with Gasteiger partial charge in [0, 0.05) is 0 Å². The van der Waals surface area contributed by atoms with Crippen LogP contribution in [0.5, 0.6) is 11.5 Å². The number of carbonyl (C=O) groups is 1. The van der Waals surface area contributed by atoms with Gasteiger partial charge in [-0.25, -0.2) is 9.52 Å². The van der Waals surface area contributed by atoms with Crippen LogP contribution in [0.25, 0.3) is 0 Å². The predicted octanol–water partition coefficient (Wildman–Crippen LogP) is 1.49. The van der Waals surface area contributed by atoms with Crippen molar-refractivity contribution < 1.29 is 27.4 Å². The van der Waals surface area contributed by atoms with Crippen LogP contribution in [-0.4, -0.2) is 39.4 Å². The summed E-state index contributed by atoms with van der Waals surface area (Å²) in [7, 11) is -4.05. The summed E-state index contributed by atoms with van der Waals surface area (Å²) in [4.78, 5) is 11.5. The molecule has 0 spiro atoms. The summed E-state index contributed by atoms with van der Waals surface area (Å²) >= 11 is 0. The van der Waals surface area contributed by atoms with Crippen molar-refractivity contribution in [1.29, 1.82) is 0 Å². The molecule has 2 N–H and O–H groups in total. The molecule has 1 aromatic carbocycles. The highest BCUT2D eigenvalue weighted by atomic mass is 32.2. The smallest absolute Gasteiger partial charge is 0.422 e. The van der Waals surface area contributed by atoms with Crippen LogP contribution in [0.2, 0.25) is 0 Å². The minimum Gasteiger partial charge on any atom is -0.486 e. The normalized spacial score (nSPS) is 17.2. The lowest BCUT2D eigenvalue weighted by molar-refractivity contribution is 0.0568. The van der Waals surface area contributed by atoms with Gasteiger partial charge in [-0.05, 0) is 45.4 Å². The number of rotatable bonds is 4. The van der Waals surface area contributed by atoms with Crippen molar-refractivity contribution in [2.75, 3.05) is 13.2 Å². The molecule has 0 aliphatic carbocycles. The lowest BCUT2D eigenvalue weighted by Gasteiger charge is -2.27. The second kappa shape index (κ2) is 6.86. The van der Waals surface area contributed by atoms with E-state index in [1.54, 1.807) is 31.6 Å². The maximum Gasteiger partial charge on any atom is 0.422 e. The number of benzene rings is 1. The number of fused-ring (bicyclic) bond motifs is 1. The average molecular weight is 358 g/mol. The van der Waals surface area contributed by atoms with Gasteiger partial charge in [0.2, 0.25) is 0 Å². The van der Waals surface area contributed by atoms with Crippen LogP contribution in [0.4, 0.5) is 4.79 Å². The van der Waals surface area contributed by atoms with Crippen LogP contribution in [0.1, 0.15) is 26.3 Å². The Kier molecular flexibility index (Phi) is 5.24. The molecule has 1 amide bonds. The molecule has 0 bridgehead atoms. The highest BCUT2D eigenvalue weighted by Crippen LogP contribution is 2.32. The molecule has 134 valence electrons. The summed E-state index contributed by atoms with van der Waals surface area (Å²) in [5.41, 5.74) is 0.250. The molecule has 0 aromatic heterocycles. The first-order chi connectivity index (χ1) is 11.0. The van der Waals surface area contributed by atoms with Gasteiger partial charge >= 0.3 is 16.3 Å². The lowest BCUT2D eigenvalue weighted by atomic mass is 10.2. The standard InChI is InChI=1S/C15H22N2O6S/c1-10-5-6-12-13(7-10)21-9-11(22-12)8-16-24(19,20)17-14(18)23-15(2,3)4/h5-7,11,16H,8-9H2,1-4H3,(H,17,18)/t11-/m0/s1. The maximum absolute atomic E-state index is 11.8. The number of hydrogen-bond donors (Lipinski definition) is 2. The highest BCUT2D eigenvalue weighted by molar-refractivity contribution is 7.88. The molecule has 9 heteroatoms. The summed E-state index contributed by atoms with van der Waals surface area (Å²) in [6.45, 7) is 7.00. The molecular weight excluding hydrogens is 336 g/mol. The van der Waals surface area contributed by atoms with Crippen molar-refractivity contribution in [2.45, 2.75) is 39.4 Å². The monoisotopic (exact) mass is 358 g/mol. The minimum absolute atomic E-state index is 0.0502. The second-order valence-electron chi connectivity index (χ2n) is 6.46. The first-order valence-electron chi connectivity index (χ1n) is 7.44. The summed E-state index contributed by atoms with van der Waals surface area (Å²) in [6.07, 6.45) is -1.55. The molecule has 1 aliphatic heterocycles. The Morgan fingerprint density at radius 2 is 2.04 bits per heavy atom. The number of aryl methyl sites for hydroxylation is 1. The molecule has 1 aromatic rings. The van der Waals surface area contributed by atoms with Crippen molar-refractivity contribution in [3.8, 4) is 11.5 Å². The average Bonchev–Trinajstić information content (AvgIpc) is 2.42. The van der Waals surface area contributed by atoms with Crippen LogP contribution < -0.4 is 18.9 Å². The zero-order chi connectivity index (χ0) is 18.0. The first-order valence-corrected chi connectivity index (χ1v) is 8.93. The van der Waals surface area contributed by atoms with Gasteiger partial charge in [-0.15, -0.1) is 0 Å². The quantitative estimate of drug-likeness (QED) is 0.845. The molecule has 0 fully saturated rings. The largest absolute Gasteiger partial charge is 0.486 e. The van der Waals surface area contributed by atoms with Crippen molar-refractivity contribution >= 4 is 16.3 Å². The maximum atomic E-state index is 11.8. The van der Waals surface area contributed by atoms with E-state index in [0.717, 1.165) is 5.56 Å². The van der Waals surface area contributed by atoms with E-state index in [1.165, 1.54) is 0 Å². The van der Waals surface area contributed by atoms with Gasteiger partial charge in [0.15, 0.2) is 11.5 Å². The van der Waals surface area contributed by atoms with E-state index in [4.69, 9.17) is 14.2 Å². The fraction of sp³-hybridized carbons (Fsp3) is 0.533. The van der Waals surface area contributed by atoms with Crippen molar-refractivity contribution in [3.05, 3.63) is 23.8 Å². The van der Waals surface area contributed by atoms with Crippen molar-refractivity contribution in [3.63, 3.8) is 0 Å². The van der Waals surface area contributed by atoms with Crippen LogP contribution in [0.3, 0.4) is 0 Å². The Morgan fingerprint density at radius 1 is 1.33 bits per heavy atom. The first kappa shape index (κ1) is 18.3.